The molecule has 1 aromatic carbocycles. The van der Waals surface area contributed by atoms with Gasteiger partial charge in [-0.3, -0.25) is 4.79 Å². The molecule has 1 aliphatic heterocycles. The zero-order chi connectivity index (χ0) is 11.5. The van der Waals surface area contributed by atoms with Gasteiger partial charge in [-0.05, 0) is 19.1 Å². The molecule has 0 radical (unpaired) electrons. The van der Waals surface area contributed by atoms with Crippen LogP contribution < -0.4 is 0 Å². The summed E-state index contributed by atoms with van der Waals surface area (Å²) in [6.45, 7) is 2.00. The number of Topliss-reactive ketones (excluding diaryl/α,β-unsaturated/α-hetero) is 1. The maximum atomic E-state index is 11.7. The van der Waals surface area contributed by atoms with Gasteiger partial charge in [0.15, 0.2) is 5.78 Å². The van der Waals surface area contributed by atoms with Gasteiger partial charge >= 0.3 is 5.97 Å². The van der Waals surface area contributed by atoms with E-state index in [-0.39, 0.29) is 24.5 Å². The molecule has 1 aromatic rings. The first-order valence-corrected chi connectivity index (χ1v) is 5.09. The molecule has 0 N–H and O–H groups in total. The lowest BCUT2D eigenvalue weighted by atomic mass is 10.0. The third-order valence-corrected chi connectivity index (χ3v) is 2.30. The van der Waals surface area contributed by atoms with Crippen LogP contribution in [0.25, 0.3) is 0 Å². The predicted molar refractivity (Wildman–Crippen MR) is 59.1 cm³/mol. The Morgan fingerprint density at radius 3 is 2.94 bits per heavy atom. The van der Waals surface area contributed by atoms with Gasteiger partial charge in [-0.25, -0.2) is 9.79 Å². The quantitative estimate of drug-likeness (QED) is 0.711. The van der Waals surface area contributed by atoms with Crippen molar-refractivity contribution < 1.29 is 14.3 Å². The monoisotopic (exact) mass is 217 g/mol. The van der Waals surface area contributed by atoms with Gasteiger partial charge in [-0.2, -0.15) is 0 Å². The van der Waals surface area contributed by atoms with E-state index in [2.05, 4.69) is 4.99 Å². The fourth-order valence-electron chi connectivity index (χ4n) is 1.57. The Labute approximate surface area is 92.9 Å². The highest BCUT2D eigenvalue weighted by Crippen LogP contribution is 2.25. The number of hydrogen-bond donors (Lipinski definition) is 0. The van der Waals surface area contributed by atoms with Gasteiger partial charge in [0.1, 0.15) is 5.71 Å². The first-order chi connectivity index (χ1) is 7.72. The Morgan fingerprint density at radius 1 is 1.44 bits per heavy atom. The molecule has 0 spiro atoms. The van der Waals surface area contributed by atoms with Gasteiger partial charge < -0.3 is 4.74 Å². The van der Waals surface area contributed by atoms with Crippen molar-refractivity contribution in [2.24, 2.45) is 4.99 Å². The molecular formula is C12H11NO3. The molecule has 1 heterocycles. The summed E-state index contributed by atoms with van der Waals surface area (Å²) >= 11 is 0. The van der Waals surface area contributed by atoms with Gasteiger partial charge in [0.2, 0.25) is 0 Å². The zero-order valence-electron chi connectivity index (χ0n) is 8.90. The predicted octanol–water partition coefficient (Wildman–Crippen LogP) is 1.91. The van der Waals surface area contributed by atoms with Crippen molar-refractivity contribution >= 4 is 23.2 Å². The maximum Gasteiger partial charge on any atom is 0.353 e. The minimum atomic E-state index is -0.509. The number of carbonyl (C=O) groups is 2. The molecule has 1 aliphatic rings. The van der Waals surface area contributed by atoms with Crippen molar-refractivity contribution in [3.63, 3.8) is 0 Å². The summed E-state index contributed by atoms with van der Waals surface area (Å²) in [5.74, 6) is -0.598. The number of fused-ring (bicyclic) bond motifs is 1. The summed E-state index contributed by atoms with van der Waals surface area (Å²) in [5.41, 5.74) is 1.29. The Kier molecular flexibility index (Phi) is 2.81. The van der Waals surface area contributed by atoms with E-state index in [1.807, 2.05) is 0 Å². The second-order valence-corrected chi connectivity index (χ2v) is 3.40. The van der Waals surface area contributed by atoms with Crippen LogP contribution in [-0.4, -0.2) is 24.1 Å². The number of rotatable bonds is 2. The largest absolute Gasteiger partial charge is 0.461 e. The van der Waals surface area contributed by atoms with Gasteiger partial charge in [0, 0.05) is 5.56 Å². The van der Waals surface area contributed by atoms with E-state index in [0.29, 0.717) is 11.3 Å². The molecule has 0 saturated heterocycles. The van der Waals surface area contributed by atoms with E-state index < -0.39 is 5.97 Å². The molecule has 2 rings (SSSR count). The van der Waals surface area contributed by atoms with Gasteiger partial charge in [0.25, 0.3) is 0 Å². The molecule has 82 valence electrons. The lowest BCUT2D eigenvalue weighted by molar-refractivity contribution is -0.135. The third-order valence-electron chi connectivity index (χ3n) is 2.30. The standard InChI is InChI=1S/C12H11NO3/c1-2-16-12(15)10-7-11(14)8-5-3-4-6-9(8)13-10/h3-6H,2,7H2,1H3. The lowest BCUT2D eigenvalue weighted by Gasteiger charge is -2.12. The van der Waals surface area contributed by atoms with Crippen LogP contribution >= 0.6 is 0 Å². The number of nitrogens with zero attached hydrogens (tertiary/aromatic N) is 1. The molecule has 4 heteroatoms. The number of esters is 1. The number of para-hydroxylation sites is 1. The molecule has 0 unspecified atom stereocenters. The highest BCUT2D eigenvalue weighted by atomic mass is 16.5. The molecule has 16 heavy (non-hydrogen) atoms. The van der Waals surface area contributed by atoms with Crippen LogP contribution in [0.4, 0.5) is 5.69 Å². The summed E-state index contributed by atoms with van der Waals surface area (Å²) < 4.78 is 4.82. The zero-order valence-corrected chi connectivity index (χ0v) is 8.90. The lowest BCUT2D eigenvalue weighted by Crippen LogP contribution is -2.23. The number of benzene rings is 1. The van der Waals surface area contributed by atoms with Crippen LogP contribution in [0, 0.1) is 0 Å². The van der Waals surface area contributed by atoms with E-state index in [4.69, 9.17) is 4.74 Å². The first-order valence-electron chi connectivity index (χ1n) is 5.09. The van der Waals surface area contributed by atoms with Crippen LogP contribution in [0.3, 0.4) is 0 Å². The smallest absolute Gasteiger partial charge is 0.353 e. The van der Waals surface area contributed by atoms with Gasteiger partial charge in [-0.1, -0.05) is 12.1 Å². The minimum Gasteiger partial charge on any atom is -0.461 e. The average Bonchev–Trinajstić information content (AvgIpc) is 2.29. The van der Waals surface area contributed by atoms with Gasteiger partial charge in [-0.15, -0.1) is 0 Å². The molecule has 4 nitrogen and oxygen atoms in total. The maximum absolute atomic E-state index is 11.7. The van der Waals surface area contributed by atoms with Crippen LogP contribution in [0.15, 0.2) is 29.3 Å². The van der Waals surface area contributed by atoms with Crippen molar-refractivity contribution in [1.29, 1.82) is 0 Å². The Balaban J connectivity index is 2.36. The molecule has 0 amide bonds. The number of ketones is 1. The highest BCUT2D eigenvalue weighted by Gasteiger charge is 2.24. The van der Waals surface area contributed by atoms with E-state index in [9.17, 15) is 9.59 Å². The molecule has 0 aliphatic carbocycles. The normalized spacial score (nSPS) is 14.1. The summed E-state index contributed by atoms with van der Waals surface area (Å²) in [6, 6.07) is 6.99. The first kappa shape index (κ1) is 10.5. The van der Waals surface area contributed by atoms with Crippen molar-refractivity contribution in [3.8, 4) is 0 Å². The van der Waals surface area contributed by atoms with Crippen LogP contribution in [0.1, 0.15) is 23.7 Å². The summed E-state index contributed by atoms with van der Waals surface area (Å²) in [5, 5.41) is 0. The van der Waals surface area contributed by atoms with Crippen LogP contribution in [0.5, 0.6) is 0 Å². The Hall–Kier alpha value is -1.97. The molecule has 0 fully saturated rings. The number of carbonyl (C=O) groups excluding carboxylic acids is 2. The van der Waals surface area contributed by atoms with Crippen molar-refractivity contribution in [2.75, 3.05) is 6.61 Å². The molecule has 0 saturated carbocycles. The number of aliphatic imine (C=N–C) groups is 1. The fraction of sp³-hybridized carbons (Fsp3) is 0.250. The summed E-state index contributed by atoms with van der Waals surface area (Å²) in [7, 11) is 0. The number of hydrogen-bond acceptors (Lipinski definition) is 4. The van der Waals surface area contributed by atoms with Crippen LogP contribution in [0.2, 0.25) is 0 Å². The Bertz CT molecular complexity index is 477. The van der Waals surface area contributed by atoms with Crippen molar-refractivity contribution in [1.82, 2.24) is 0 Å². The second kappa shape index (κ2) is 4.26. The highest BCUT2D eigenvalue weighted by molar-refractivity contribution is 6.42. The SMILES string of the molecule is CCOC(=O)C1=Nc2ccccc2C(=O)C1. The minimum absolute atomic E-state index is 0.0237. The third kappa shape index (κ3) is 1.86. The van der Waals surface area contributed by atoms with Crippen molar-refractivity contribution in [2.45, 2.75) is 13.3 Å². The van der Waals surface area contributed by atoms with E-state index in [1.165, 1.54) is 0 Å². The Morgan fingerprint density at radius 2 is 2.19 bits per heavy atom. The molecule has 0 bridgehead atoms. The summed E-state index contributed by atoms with van der Waals surface area (Å²) in [6.07, 6.45) is 0.0237. The summed E-state index contributed by atoms with van der Waals surface area (Å²) in [4.78, 5) is 27.3. The molecule has 0 aromatic heterocycles. The van der Waals surface area contributed by atoms with E-state index >= 15 is 0 Å². The van der Waals surface area contributed by atoms with Crippen LogP contribution in [-0.2, 0) is 9.53 Å². The van der Waals surface area contributed by atoms with Gasteiger partial charge in [0.05, 0.1) is 18.7 Å². The topological polar surface area (TPSA) is 55.7 Å². The van der Waals surface area contributed by atoms with E-state index in [0.717, 1.165) is 0 Å². The molecular weight excluding hydrogens is 206 g/mol. The number of ether oxygens (including phenoxy) is 1. The molecule has 0 atom stereocenters. The fourth-order valence-corrected chi connectivity index (χ4v) is 1.57. The van der Waals surface area contributed by atoms with E-state index in [1.54, 1.807) is 31.2 Å². The second-order valence-electron chi connectivity index (χ2n) is 3.40. The average molecular weight is 217 g/mol. The van der Waals surface area contributed by atoms with Crippen molar-refractivity contribution in [3.05, 3.63) is 29.8 Å².